The molecule has 0 saturated heterocycles. The van der Waals surface area contributed by atoms with E-state index in [0.29, 0.717) is 17.1 Å². The van der Waals surface area contributed by atoms with Crippen molar-refractivity contribution in [3.63, 3.8) is 0 Å². The van der Waals surface area contributed by atoms with Crippen LogP contribution in [0.5, 0.6) is 11.5 Å². The van der Waals surface area contributed by atoms with Crippen molar-refractivity contribution in [3.05, 3.63) is 23.8 Å². The molecule has 0 saturated carbocycles. The topological polar surface area (TPSA) is 61.6 Å². The second-order valence-corrected chi connectivity index (χ2v) is 3.26. The molecular weight excluding hydrogens is 213 g/mol. The number of hydrogen-bond acceptors (Lipinski definition) is 4. The summed E-state index contributed by atoms with van der Waals surface area (Å²) >= 11 is 0. The molecule has 0 heterocycles. The van der Waals surface area contributed by atoms with Gasteiger partial charge in [-0.3, -0.25) is 4.79 Å². The van der Waals surface area contributed by atoms with Crippen LogP contribution in [0, 0.1) is 0 Å². The van der Waals surface area contributed by atoms with Crippen LogP contribution in [-0.4, -0.2) is 19.8 Å². The number of halogens is 1. The Bertz CT molecular complexity index is 381. The molecule has 1 aromatic carbocycles. The van der Waals surface area contributed by atoms with E-state index in [1.165, 1.54) is 20.1 Å². The zero-order valence-corrected chi connectivity index (χ0v) is 9.20. The summed E-state index contributed by atoms with van der Waals surface area (Å²) in [6.07, 6.45) is 0. The monoisotopic (exact) mass is 227 g/mol. The van der Waals surface area contributed by atoms with E-state index in [1.807, 2.05) is 0 Å². The summed E-state index contributed by atoms with van der Waals surface area (Å²) in [5.41, 5.74) is 6.12. The van der Waals surface area contributed by atoms with Gasteiger partial charge in [-0.1, -0.05) is 6.07 Å². The van der Waals surface area contributed by atoms with Crippen LogP contribution in [-0.2, 0) is 4.79 Å². The number of esters is 1. The molecular formula is C11H14FNO3. The highest BCUT2D eigenvalue weighted by molar-refractivity contribution is 5.70. The number of nitrogens with two attached hydrogens (primary N) is 1. The van der Waals surface area contributed by atoms with Crippen molar-refractivity contribution in [2.45, 2.75) is 13.0 Å². The summed E-state index contributed by atoms with van der Waals surface area (Å²) in [6.45, 7) is 0.636. The number of methoxy groups -OCH3 is 1. The first-order chi connectivity index (χ1) is 7.58. The van der Waals surface area contributed by atoms with E-state index in [4.69, 9.17) is 15.2 Å². The minimum atomic E-state index is -0.694. The predicted molar refractivity (Wildman–Crippen MR) is 57.2 cm³/mol. The van der Waals surface area contributed by atoms with Crippen molar-refractivity contribution in [3.8, 4) is 11.5 Å². The zero-order valence-electron chi connectivity index (χ0n) is 9.20. The lowest BCUT2D eigenvalue weighted by Crippen LogP contribution is -2.12. The van der Waals surface area contributed by atoms with Gasteiger partial charge in [0.1, 0.15) is 6.67 Å². The first kappa shape index (κ1) is 12.4. The third-order valence-electron chi connectivity index (χ3n) is 2.04. The number of alkyl halides is 1. The minimum Gasteiger partial charge on any atom is -0.493 e. The zero-order chi connectivity index (χ0) is 12.1. The summed E-state index contributed by atoms with van der Waals surface area (Å²) in [7, 11) is 1.44. The van der Waals surface area contributed by atoms with E-state index >= 15 is 0 Å². The predicted octanol–water partition coefficient (Wildman–Crippen LogP) is 1.59. The fraction of sp³-hybridized carbons (Fsp3) is 0.364. The Balaban J connectivity index is 3.01. The Labute approximate surface area is 93.2 Å². The van der Waals surface area contributed by atoms with Gasteiger partial charge in [-0.25, -0.2) is 4.39 Å². The third-order valence-corrected chi connectivity index (χ3v) is 2.04. The molecule has 88 valence electrons. The van der Waals surface area contributed by atoms with Gasteiger partial charge in [0.15, 0.2) is 11.5 Å². The number of carbonyl (C=O) groups is 1. The van der Waals surface area contributed by atoms with Crippen molar-refractivity contribution in [2.75, 3.05) is 13.8 Å². The molecule has 0 radical (unpaired) electrons. The van der Waals surface area contributed by atoms with E-state index < -0.39 is 18.7 Å². The number of rotatable bonds is 4. The smallest absolute Gasteiger partial charge is 0.308 e. The van der Waals surface area contributed by atoms with Crippen LogP contribution in [0.1, 0.15) is 18.5 Å². The Morgan fingerprint density at radius 3 is 2.69 bits per heavy atom. The van der Waals surface area contributed by atoms with E-state index in [0.717, 1.165) is 0 Å². The standard InChI is InChI=1S/C11H14FNO3/c1-7(14)16-10-4-3-8(9(13)6-12)5-11(10)15-2/h3-5,9H,6,13H2,1-2H3/t9-/m0/s1. The van der Waals surface area contributed by atoms with E-state index in [-0.39, 0.29) is 0 Å². The lowest BCUT2D eigenvalue weighted by Gasteiger charge is -2.12. The molecule has 1 rings (SSSR count). The van der Waals surface area contributed by atoms with Crippen molar-refractivity contribution >= 4 is 5.97 Å². The molecule has 2 N–H and O–H groups in total. The van der Waals surface area contributed by atoms with Crippen LogP contribution in [0.4, 0.5) is 4.39 Å². The molecule has 0 aliphatic rings. The van der Waals surface area contributed by atoms with Crippen LogP contribution < -0.4 is 15.2 Å². The number of ether oxygens (including phenoxy) is 2. The molecule has 5 heteroatoms. The van der Waals surface area contributed by atoms with Gasteiger partial charge in [0.25, 0.3) is 0 Å². The van der Waals surface area contributed by atoms with Crippen molar-refractivity contribution < 1.29 is 18.7 Å². The first-order valence-electron chi connectivity index (χ1n) is 4.76. The number of carbonyl (C=O) groups excluding carboxylic acids is 1. The van der Waals surface area contributed by atoms with Gasteiger partial charge in [0.2, 0.25) is 0 Å². The van der Waals surface area contributed by atoms with Crippen molar-refractivity contribution in [1.29, 1.82) is 0 Å². The van der Waals surface area contributed by atoms with Crippen LogP contribution in [0.2, 0.25) is 0 Å². The molecule has 0 unspecified atom stereocenters. The largest absolute Gasteiger partial charge is 0.493 e. The van der Waals surface area contributed by atoms with Crippen molar-refractivity contribution in [1.82, 2.24) is 0 Å². The number of benzene rings is 1. The Morgan fingerprint density at radius 1 is 1.50 bits per heavy atom. The second kappa shape index (κ2) is 5.46. The normalized spacial score (nSPS) is 12.0. The molecule has 1 aromatic rings. The molecule has 1 atom stereocenters. The molecule has 0 aliphatic carbocycles. The highest BCUT2D eigenvalue weighted by atomic mass is 19.1. The van der Waals surface area contributed by atoms with Gasteiger partial charge >= 0.3 is 5.97 Å². The lowest BCUT2D eigenvalue weighted by molar-refractivity contribution is -0.132. The third kappa shape index (κ3) is 2.93. The van der Waals surface area contributed by atoms with Crippen molar-refractivity contribution in [2.24, 2.45) is 5.73 Å². The number of hydrogen-bond donors (Lipinski definition) is 1. The van der Waals surface area contributed by atoms with Crippen LogP contribution in [0.3, 0.4) is 0 Å². The summed E-state index contributed by atoms with van der Waals surface area (Å²) in [5.74, 6) is 0.210. The molecule has 0 aliphatic heterocycles. The van der Waals surface area contributed by atoms with E-state index in [9.17, 15) is 9.18 Å². The van der Waals surface area contributed by atoms with Gasteiger partial charge < -0.3 is 15.2 Å². The molecule has 0 bridgehead atoms. The SMILES string of the molecule is COc1cc([C@@H](N)CF)ccc1OC(C)=O. The summed E-state index contributed by atoms with van der Waals surface area (Å²) < 4.78 is 22.3. The Morgan fingerprint density at radius 2 is 2.19 bits per heavy atom. The maximum atomic E-state index is 12.4. The van der Waals surface area contributed by atoms with E-state index in [2.05, 4.69) is 0 Å². The average molecular weight is 227 g/mol. The van der Waals surface area contributed by atoms with Gasteiger partial charge in [0, 0.05) is 6.92 Å². The maximum Gasteiger partial charge on any atom is 0.308 e. The molecule has 0 amide bonds. The molecule has 0 fully saturated rings. The maximum absolute atomic E-state index is 12.4. The highest BCUT2D eigenvalue weighted by Gasteiger charge is 2.11. The van der Waals surface area contributed by atoms with Crippen LogP contribution >= 0.6 is 0 Å². The first-order valence-corrected chi connectivity index (χ1v) is 4.76. The highest BCUT2D eigenvalue weighted by Crippen LogP contribution is 2.30. The fourth-order valence-electron chi connectivity index (χ4n) is 1.24. The van der Waals surface area contributed by atoms with Gasteiger partial charge in [-0.2, -0.15) is 0 Å². The van der Waals surface area contributed by atoms with Gasteiger partial charge in [-0.15, -0.1) is 0 Å². The quantitative estimate of drug-likeness (QED) is 0.626. The Kier molecular flexibility index (Phi) is 4.25. The van der Waals surface area contributed by atoms with Gasteiger partial charge in [-0.05, 0) is 17.7 Å². The van der Waals surface area contributed by atoms with Gasteiger partial charge in [0.05, 0.1) is 13.2 Å². The Hall–Kier alpha value is -1.62. The minimum absolute atomic E-state index is 0.296. The molecule has 4 nitrogen and oxygen atoms in total. The molecule has 16 heavy (non-hydrogen) atoms. The lowest BCUT2D eigenvalue weighted by atomic mass is 10.1. The van der Waals surface area contributed by atoms with Crippen LogP contribution in [0.25, 0.3) is 0 Å². The second-order valence-electron chi connectivity index (χ2n) is 3.26. The van der Waals surface area contributed by atoms with E-state index in [1.54, 1.807) is 12.1 Å². The summed E-state index contributed by atoms with van der Waals surface area (Å²) in [6, 6.07) is 4.00. The summed E-state index contributed by atoms with van der Waals surface area (Å²) in [5, 5.41) is 0. The summed E-state index contributed by atoms with van der Waals surface area (Å²) in [4.78, 5) is 10.8. The molecule has 0 spiro atoms. The average Bonchev–Trinajstić information content (AvgIpc) is 2.27. The van der Waals surface area contributed by atoms with Crippen LogP contribution in [0.15, 0.2) is 18.2 Å². The molecule has 0 aromatic heterocycles. The fourth-order valence-corrected chi connectivity index (χ4v) is 1.24.